The van der Waals surface area contributed by atoms with Gasteiger partial charge in [0.2, 0.25) is 0 Å². The minimum atomic E-state index is -0.976. The van der Waals surface area contributed by atoms with Crippen LogP contribution in [0.5, 0.6) is 0 Å². The second-order valence-electron chi connectivity index (χ2n) is 3.69. The molecule has 0 spiro atoms. The predicted molar refractivity (Wildman–Crippen MR) is 60.2 cm³/mol. The minimum Gasteiger partial charge on any atom is -0.481 e. The van der Waals surface area contributed by atoms with Crippen LogP contribution in [-0.4, -0.2) is 23.0 Å². The Morgan fingerprint density at radius 2 is 2.18 bits per heavy atom. The number of amides is 1. The zero-order chi connectivity index (χ0) is 12.8. The summed E-state index contributed by atoms with van der Waals surface area (Å²) in [5, 5.41) is 11.2. The van der Waals surface area contributed by atoms with E-state index in [2.05, 4.69) is 5.32 Å². The van der Waals surface area contributed by atoms with Crippen molar-refractivity contribution in [2.75, 3.05) is 0 Å². The third-order valence-electron chi connectivity index (χ3n) is 2.34. The number of hydrogen-bond donors (Lipinski definition) is 2. The first-order valence-corrected chi connectivity index (χ1v) is 5.31. The maximum atomic E-state index is 12.9. The van der Waals surface area contributed by atoms with E-state index in [4.69, 9.17) is 5.11 Å². The maximum absolute atomic E-state index is 12.9. The van der Waals surface area contributed by atoms with E-state index in [1.165, 1.54) is 18.2 Å². The van der Waals surface area contributed by atoms with Crippen molar-refractivity contribution in [3.63, 3.8) is 0 Å². The van der Waals surface area contributed by atoms with Crippen molar-refractivity contribution in [3.05, 3.63) is 35.6 Å². The van der Waals surface area contributed by atoms with Crippen LogP contribution in [-0.2, 0) is 4.79 Å². The highest BCUT2D eigenvalue weighted by Crippen LogP contribution is 2.05. The van der Waals surface area contributed by atoms with Crippen molar-refractivity contribution < 1.29 is 19.1 Å². The van der Waals surface area contributed by atoms with Crippen LogP contribution < -0.4 is 5.32 Å². The highest BCUT2D eigenvalue weighted by Gasteiger charge is 2.15. The third-order valence-corrected chi connectivity index (χ3v) is 2.34. The molecule has 0 heterocycles. The molecule has 1 atom stereocenters. The molecule has 0 aliphatic carbocycles. The second-order valence-corrected chi connectivity index (χ2v) is 3.69. The number of hydrogen-bond acceptors (Lipinski definition) is 2. The van der Waals surface area contributed by atoms with Crippen LogP contribution in [0.2, 0.25) is 0 Å². The van der Waals surface area contributed by atoms with Gasteiger partial charge in [0.05, 0.1) is 6.42 Å². The monoisotopic (exact) mass is 239 g/mol. The van der Waals surface area contributed by atoms with Gasteiger partial charge in [0.15, 0.2) is 0 Å². The maximum Gasteiger partial charge on any atom is 0.305 e. The van der Waals surface area contributed by atoms with Crippen LogP contribution in [0, 0.1) is 5.82 Å². The fourth-order valence-corrected chi connectivity index (χ4v) is 1.41. The lowest BCUT2D eigenvalue weighted by atomic mass is 10.1. The van der Waals surface area contributed by atoms with Crippen molar-refractivity contribution in [1.82, 2.24) is 5.32 Å². The molecule has 0 saturated heterocycles. The summed E-state index contributed by atoms with van der Waals surface area (Å²) in [6.45, 7) is 1.78. The van der Waals surface area contributed by atoms with E-state index in [1.807, 2.05) is 0 Å². The highest BCUT2D eigenvalue weighted by atomic mass is 19.1. The molecule has 0 radical (unpaired) electrons. The van der Waals surface area contributed by atoms with Gasteiger partial charge in [-0.1, -0.05) is 13.0 Å². The van der Waals surface area contributed by atoms with E-state index < -0.39 is 23.7 Å². The van der Waals surface area contributed by atoms with Crippen LogP contribution in [0.1, 0.15) is 30.1 Å². The number of halogens is 1. The van der Waals surface area contributed by atoms with Gasteiger partial charge in [-0.15, -0.1) is 0 Å². The molecule has 0 aliphatic rings. The van der Waals surface area contributed by atoms with Gasteiger partial charge < -0.3 is 10.4 Å². The molecule has 17 heavy (non-hydrogen) atoms. The molecule has 92 valence electrons. The zero-order valence-electron chi connectivity index (χ0n) is 9.44. The standard InChI is InChI=1S/C12H14FNO3/c1-2-10(7-11(15)16)14-12(17)8-4-3-5-9(13)6-8/h3-6,10H,2,7H2,1H3,(H,14,17)(H,15,16). The summed E-state index contributed by atoms with van der Waals surface area (Å²) in [6.07, 6.45) is 0.366. The SMILES string of the molecule is CCC(CC(=O)O)NC(=O)c1cccc(F)c1. The van der Waals surface area contributed by atoms with Crippen LogP contribution in [0.15, 0.2) is 24.3 Å². The minimum absolute atomic E-state index is 0.141. The van der Waals surface area contributed by atoms with E-state index in [9.17, 15) is 14.0 Å². The molecule has 1 unspecified atom stereocenters. The lowest BCUT2D eigenvalue weighted by Crippen LogP contribution is -2.36. The Labute approximate surface area is 98.5 Å². The Morgan fingerprint density at radius 1 is 1.47 bits per heavy atom. The summed E-state index contributed by atoms with van der Waals surface area (Å²) in [6, 6.07) is 4.82. The lowest BCUT2D eigenvalue weighted by Gasteiger charge is -2.14. The molecule has 4 nitrogen and oxygen atoms in total. The van der Waals surface area contributed by atoms with Gasteiger partial charge in [-0.3, -0.25) is 9.59 Å². The van der Waals surface area contributed by atoms with Gasteiger partial charge in [0, 0.05) is 11.6 Å². The van der Waals surface area contributed by atoms with Gasteiger partial charge in [0.25, 0.3) is 5.91 Å². The summed E-state index contributed by atoms with van der Waals surface area (Å²) in [7, 11) is 0. The second kappa shape index (κ2) is 5.98. The summed E-state index contributed by atoms with van der Waals surface area (Å²) < 4.78 is 12.9. The van der Waals surface area contributed by atoms with Crippen molar-refractivity contribution in [2.45, 2.75) is 25.8 Å². The van der Waals surface area contributed by atoms with Crippen LogP contribution in [0.4, 0.5) is 4.39 Å². The molecule has 0 saturated carbocycles. The van der Waals surface area contributed by atoms with E-state index in [1.54, 1.807) is 6.92 Å². The Bertz CT molecular complexity index is 420. The van der Waals surface area contributed by atoms with E-state index in [-0.39, 0.29) is 12.0 Å². The fraction of sp³-hybridized carbons (Fsp3) is 0.333. The number of nitrogens with one attached hydrogen (secondary N) is 1. The quantitative estimate of drug-likeness (QED) is 0.823. The zero-order valence-corrected chi connectivity index (χ0v) is 9.44. The van der Waals surface area contributed by atoms with Crippen LogP contribution >= 0.6 is 0 Å². The van der Waals surface area contributed by atoms with Gasteiger partial charge >= 0.3 is 5.97 Å². The molecule has 1 rings (SSSR count). The summed E-state index contributed by atoms with van der Waals surface area (Å²) in [5.74, 6) is -1.93. The number of aliphatic carboxylic acids is 1. The average Bonchev–Trinajstić information content (AvgIpc) is 2.27. The molecule has 1 amide bonds. The molecule has 0 aliphatic heterocycles. The summed E-state index contributed by atoms with van der Waals surface area (Å²) in [5.41, 5.74) is 0.189. The molecule has 5 heteroatoms. The van der Waals surface area contributed by atoms with Crippen LogP contribution in [0.25, 0.3) is 0 Å². The van der Waals surface area contributed by atoms with Crippen molar-refractivity contribution in [3.8, 4) is 0 Å². The van der Waals surface area contributed by atoms with Crippen molar-refractivity contribution in [2.24, 2.45) is 0 Å². The normalized spacial score (nSPS) is 11.9. The first-order valence-electron chi connectivity index (χ1n) is 5.31. The first kappa shape index (κ1) is 13.2. The molecule has 1 aromatic rings. The van der Waals surface area contributed by atoms with E-state index >= 15 is 0 Å². The number of rotatable bonds is 5. The predicted octanol–water partition coefficient (Wildman–Crippen LogP) is 1.81. The summed E-state index contributed by atoms with van der Waals surface area (Å²) in [4.78, 5) is 22.2. The number of carbonyl (C=O) groups is 2. The molecular formula is C12H14FNO3. The van der Waals surface area contributed by atoms with Gasteiger partial charge in [-0.2, -0.15) is 0 Å². The third kappa shape index (κ3) is 4.22. The number of carboxylic acid groups (broad SMARTS) is 1. The lowest BCUT2D eigenvalue weighted by molar-refractivity contribution is -0.137. The number of benzene rings is 1. The van der Waals surface area contributed by atoms with Crippen molar-refractivity contribution in [1.29, 1.82) is 0 Å². The molecule has 2 N–H and O–H groups in total. The summed E-state index contributed by atoms with van der Waals surface area (Å²) >= 11 is 0. The topological polar surface area (TPSA) is 66.4 Å². The smallest absolute Gasteiger partial charge is 0.305 e. The van der Waals surface area contributed by atoms with E-state index in [0.717, 1.165) is 6.07 Å². The fourth-order valence-electron chi connectivity index (χ4n) is 1.41. The Kier molecular flexibility index (Phi) is 4.63. The number of carbonyl (C=O) groups excluding carboxylic acids is 1. The van der Waals surface area contributed by atoms with Gasteiger partial charge in [-0.25, -0.2) is 4.39 Å². The van der Waals surface area contributed by atoms with E-state index in [0.29, 0.717) is 6.42 Å². The molecule has 0 bridgehead atoms. The highest BCUT2D eigenvalue weighted by molar-refractivity contribution is 5.94. The molecule has 0 aromatic heterocycles. The first-order chi connectivity index (χ1) is 8.02. The molecule has 1 aromatic carbocycles. The van der Waals surface area contributed by atoms with Gasteiger partial charge in [0.1, 0.15) is 5.82 Å². The van der Waals surface area contributed by atoms with Crippen molar-refractivity contribution >= 4 is 11.9 Å². The average molecular weight is 239 g/mol. The molecule has 0 fully saturated rings. The van der Waals surface area contributed by atoms with Gasteiger partial charge in [-0.05, 0) is 24.6 Å². The number of carboxylic acids is 1. The van der Waals surface area contributed by atoms with Crippen LogP contribution in [0.3, 0.4) is 0 Å². The molecular weight excluding hydrogens is 225 g/mol. The Balaban J connectivity index is 2.67. The Hall–Kier alpha value is -1.91. The largest absolute Gasteiger partial charge is 0.481 e. The Morgan fingerprint density at radius 3 is 2.71 bits per heavy atom.